The van der Waals surface area contributed by atoms with Crippen LogP contribution in [0.15, 0.2) is 0 Å². The summed E-state index contributed by atoms with van der Waals surface area (Å²) in [6, 6.07) is 4.62. The zero-order chi connectivity index (χ0) is 5.70. The van der Waals surface area contributed by atoms with Gasteiger partial charge in [0.2, 0.25) is 0 Å². The summed E-state index contributed by atoms with van der Waals surface area (Å²) >= 11 is 13.7. The fourth-order valence-corrected chi connectivity index (χ4v) is 0.866. The minimum absolute atomic E-state index is 0.0556. The first kappa shape index (κ1) is 7.92. The minimum atomic E-state index is 0.0556. The maximum atomic E-state index is 4.55. The number of hydrogen-bond acceptors (Lipinski definition) is 3. The molecule has 0 saturated carbocycles. The van der Waals surface area contributed by atoms with Gasteiger partial charge in [0.15, 0.2) is 0 Å². The zero-order valence-electron chi connectivity index (χ0n) is 3.53. The van der Waals surface area contributed by atoms with E-state index in [1.54, 1.807) is 18.1 Å². The molecule has 0 spiro atoms. The van der Waals surface area contributed by atoms with Gasteiger partial charge in [-0.25, -0.2) is 0 Å². The van der Waals surface area contributed by atoms with Crippen molar-refractivity contribution in [1.82, 2.24) is 0 Å². The van der Waals surface area contributed by atoms with Crippen LogP contribution in [0.2, 0.25) is 0 Å². The van der Waals surface area contributed by atoms with Crippen LogP contribution in [-0.4, -0.2) is 24.5 Å². The quantitative estimate of drug-likeness (QED) is 0.520. The van der Waals surface area contributed by atoms with E-state index in [0.29, 0.717) is 0 Å². The van der Waals surface area contributed by atoms with E-state index in [0.717, 1.165) is 0 Å². The molecule has 0 unspecified atom stereocenters. The molecule has 0 aromatic heterocycles. The van der Waals surface area contributed by atoms with Crippen LogP contribution in [0.3, 0.4) is 0 Å². The van der Waals surface area contributed by atoms with Gasteiger partial charge in [0.05, 0.1) is 0 Å². The van der Waals surface area contributed by atoms with Crippen LogP contribution in [-0.2, 0) is 0 Å². The van der Waals surface area contributed by atoms with Gasteiger partial charge in [0, 0.05) is 0 Å². The summed E-state index contributed by atoms with van der Waals surface area (Å²) in [6.45, 7) is 0. The van der Waals surface area contributed by atoms with E-state index in [-0.39, 0.29) is 6.39 Å². The summed E-state index contributed by atoms with van der Waals surface area (Å²) in [7, 11) is 0. The summed E-state index contributed by atoms with van der Waals surface area (Å²) in [5, 5.41) is 0. The third kappa shape index (κ3) is 3.50. The second-order valence-corrected chi connectivity index (χ2v) is 1.80. The van der Waals surface area contributed by atoms with E-state index in [1.165, 1.54) is 0 Å². The van der Waals surface area contributed by atoms with Crippen molar-refractivity contribution >= 4 is 60.7 Å². The Morgan fingerprint density at radius 2 is 1.14 bits per heavy atom. The van der Waals surface area contributed by atoms with Crippen LogP contribution in [0, 0.1) is 0 Å². The van der Waals surface area contributed by atoms with Gasteiger partial charge in [0.1, 0.15) is 0 Å². The molecular formula is B4S3. The predicted molar refractivity (Wildman–Crippen MR) is 45.8 cm³/mol. The molecule has 0 radical (unpaired) electrons. The van der Waals surface area contributed by atoms with Gasteiger partial charge >= 0.3 is 60.7 Å². The molecule has 0 fully saturated rings. The van der Waals surface area contributed by atoms with E-state index in [4.69, 9.17) is 0 Å². The Morgan fingerprint density at radius 3 is 1.14 bits per heavy atom. The van der Waals surface area contributed by atoms with Crippen LogP contribution >= 0.6 is 36.2 Å². The molecule has 0 aliphatic carbocycles. The number of rotatable bonds is 3. The summed E-state index contributed by atoms with van der Waals surface area (Å²) in [4.78, 5) is 0. The Morgan fingerprint density at radius 1 is 0.857 bits per heavy atom. The first-order chi connectivity index (χ1) is 3.35. The molecule has 7 heavy (non-hydrogen) atoms. The van der Waals surface area contributed by atoms with E-state index in [1.807, 2.05) is 0 Å². The summed E-state index contributed by atoms with van der Waals surface area (Å²) in [5.41, 5.74) is 0. The third-order valence-electron chi connectivity index (χ3n) is 0.471. The van der Waals surface area contributed by atoms with Gasteiger partial charge in [-0.3, -0.25) is 0 Å². The zero-order valence-corrected chi connectivity index (χ0v) is 5.98. The second kappa shape index (κ2) is 5.06. The molecule has 0 aromatic rings. The van der Waals surface area contributed by atoms with Crippen LogP contribution in [0.4, 0.5) is 0 Å². The van der Waals surface area contributed by atoms with Gasteiger partial charge in [-0.15, -0.1) is 0 Å². The van der Waals surface area contributed by atoms with Crippen LogP contribution < -0.4 is 0 Å². The Kier molecular flexibility index (Phi) is 5.73. The third-order valence-corrected chi connectivity index (χ3v) is 1.41. The van der Waals surface area contributed by atoms with E-state index in [9.17, 15) is 0 Å². The molecule has 0 nitrogen and oxygen atoms in total. The molecule has 30 valence electrons. The van der Waals surface area contributed by atoms with Crippen molar-refractivity contribution in [1.29, 1.82) is 0 Å². The van der Waals surface area contributed by atoms with Crippen molar-refractivity contribution < 1.29 is 0 Å². The molecule has 0 aliphatic heterocycles. The Balaban J connectivity index is 3.57. The van der Waals surface area contributed by atoms with Gasteiger partial charge in [-0.1, -0.05) is 0 Å². The number of hydrogen-bond donors (Lipinski definition) is 0. The van der Waals surface area contributed by atoms with Crippen molar-refractivity contribution in [3.05, 3.63) is 0 Å². The van der Waals surface area contributed by atoms with E-state index in [2.05, 4.69) is 36.2 Å². The molecule has 0 amide bonds. The van der Waals surface area contributed by atoms with Crippen molar-refractivity contribution in [2.24, 2.45) is 0 Å². The normalized spacial score (nSPS) is 5.14. The second-order valence-electron chi connectivity index (χ2n) is 0.986. The fraction of sp³-hybridized carbons (Fsp3) is 0. The average molecular weight is 139 g/mol. The molecule has 0 atom stereocenters. The molecule has 0 heterocycles. The first-order valence-corrected chi connectivity index (χ1v) is 3.12. The van der Waals surface area contributed by atoms with Crippen molar-refractivity contribution in [2.75, 3.05) is 0 Å². The van der Waals surface area contributed by atoms with Crippen molar-refractivity contribution in [2.45, 2.75) is 0 Å². The summed E-state index contributed by atoms with van der Waals surface area (Å²) in [6.07, 6.45) is 0.0556. The molecule has 0 saturated heterocycles. The van der Waals surface area contributed by atoms with Crippen LogP contribution in [0.1, 0.15) is 0 Å². The van der Waals surface area contributed by atoms with Gasteiger partial charge in [-0.05, 0) is 0 Å². The molecule has 0 aromatic carbocycles. The topological polar surface area (TPSA) is 0 Å². The van der Waals surface area contributed by atoms with Crippen molar-refractivity contribution in [3.63, 3.8) is 0 Å². The van der Waals surface area contributed by atoms with Gasteiger partial charge in [-0.2, -0.15) is 0 Å². The van der Waals surface area contributed by atoms with Crippen molar-refractivity contribution in [3.8, 4) is 0 Å². The van der Waals surface area contributed by atoms with E-state index >= 15 is 0 Å². The Hall–Kier alpha value is 0.920. The first-order valence-electron chi connectivity index (χ1n) is 1.71. The van der Waals surface area contributed by atoms with E-state index < -0.39 is 0 Å². The van der Waals surface area contributed by atoms with Gasteiger partial charge < -0.3 is 0 Å². The monoisotopic (exact) mass is 140 g/mol. The van der Waals surface area contributed by atoms with Crippen LogP contribution in [0.25, 0.3) is 0 Å². The standard InChI is InChI=1S/B4S3/c5-1-4(2-6)3-7. The summed E-state index contributed by atoms with van der Waals surface area (Å²) in [5.74, 6) is 0. The molecule has 0 aliphatic rings. The molecule has 7 heteroatoms. The average Bonchev–Trinajstić information content (AvgIpc) is 1.72. The fourth-order valence-electron chi connectivity index (χ4n) is 0.0962. The maximum absolute atomic E-state index is 4.55. The Bertz CT molecular complexity index is 67.9. The summed E-state index contributed by atoms with van der Waals surface area (Å²) < 4.78 is 0. The molecule has 0 N–H and O–H groups in total. The molecular weight excluding hydrogens is 139 g/mol. The van der Waals surface area contributed by atoms with Crippen LogP contribution in [0.5, 0.6) is 0 Å². The SMILES string of the molecule is S=BB(B=S)B=S. The Labute approximate surface area is 60.8 Å². The molecule has 0 rings (SSSR count). The van der Waals surface area contributed by atoms with Gasteiger partial charge in [0.25, 0.3) is 0 Å². The predicted octanol–water partition coefficient (Wildman–Crippen LogP) is 0.421. The molecule has 0 bridgehead atoms.